The zero-order valence-electron chi connectivity index (χ0n) is 17.0. The van der Waals surface area contributed by atoms with Gasteiger partial charge in [-0.15, -0.1) is 6.42 Å². The number of rotatable bonds is 6. The highest BCUT2D eigenvalue weighted by Gasteiger charge is 2.31. The second-order valence-electron chi connectivity index (χ2n) is 7.13. The SMILES string of the molecule is C#CCOc1ccc([C@H]2CC(=O)Nc3c2cnn3-c2ccc(C)cc2)cc1OCC. The van der Waals surface area contributed by atoms with Gasteiger partial charge in [0.2, 0.25) is 5.91 Å². The van der Waals surface area contributed by atoms with E-state index in [1.165, 1.54) is 0 Å². The summed E-state index contributed by atoms with van der Waals surface area (Å²) in [6.07, 6.45) is 7.46. The molecule has 2 heterocycles. The molecule has 0 saturated heterocycles. The maximum absolute atomic E-state index is 12.5. The van der Waals surface area contributed by atoms with Crippen LogP contribution in [0.3, 0.4) is 0 Å². The number of amides is 1. The van der Waals surface area contributed by atoms with E-state index < -0.39 is 0 Å². The number of hydrogen-bond donors (Lipinski definition) is 1. The number of hydrogen-bond acceptors (Lipinski definition) is 4. The molecule has 4 rings (SSSR count). The largest absolute Gasteiger partial charge is 0.490 e. The van der Waals surface area contributed by atoms with E-state index in [0.717, 1.165) is 22.4 Å². The van der Waals surface area contributed by atoms with E-state index in [-0.39, 0.29) is 18.4 Å². The Labute approximate surface area is 175 Å². The van der Waals surface area contributed by atoms with Crippen molar-refractivity contribution in [1.82, 2.24) is 9.78 Å². The molecule has 30 heavy (non-hydrogen) atoms. The number of aromatic nitrogens is 2. The Bertz CT molecular complexity index is 1110. The van der Waals surface area contributed by atoms with Crippen molar-refractivity contribution in [1.29, 1.82) is 0 Å². The van der Waals surface area contributed by atoms with Crippen molar-refractivity contribution in [2.24, 2.45) is 0 Å². The van der Waals surface area contributed by atoms with Gasteiger partial charge in [0.05, 0.1) is 18.5 Å². The van der Waals surface area contributed by atoms with Crippen molar-refractivity contribution in [2.45, 2.75) is 26.2 Å². The minimum absolute atomic E-state index is 0.0491. The quantitative estimate of drug-likeness (QED) is 0.633. The topological polar surface area (TPSA) is 65.4 Å². The first-order valence-corrected chi connectivity index (χ1v) is 9.88. The van der Waals surface area contributed by atoms with Crippen LogP contribution in [0.1, 0.15) is 36.0 Å². The summed E-state index contributed by atoms with van der Waals surface area (Å²) in [4.78, 5) is 12.5. The zero-order chi connectivity index (χ0) is 21.1. The molecule has 1 aliphatic rings. The molecule has 1 aliphatic heterocycles. The van der Waals surface area contributed by atoms with Crippen molar-refractivity contribution in [3.63, 3.8) is 0 Å². The van der Waals surface area contributed by atoms with Gasteiger partial charge in [0.25, 0.3) is 0 Å². The smallest absolute Gasteiger partial charge is 0.226 e. The molecule has 152 valence electrons. The highest BCUT2D eigenvalue weighted by atomic mass is 16.5. The lowest BCUT2D eigenvalue weighted by molar-refractivity contribution is -0.116. The number of nitrogens with zero attached hydrogens (tertiary/aromatic N) is 2. The number of fused-ring (bicyclic) bond motifs is 1. The number of benzene rings is 2. The molecule has 6 heteroatoms. The van der Waals surface area contributed by atoms with E-state index in [9.17, 15) is 4.79 Å². The van der Waals surface area contributed by atoms with Crippen molar-refractivity contribution in [2.75, 3.05) is 18.5 Å². The van der Waals surface area contributed by atoms with Gasteiger partial charge in [-0.1, -0.05) is 29.7 Å². The van der Waals surface area contributed by atoms with Gasteiger partial charge >= 0.3 is 0 Å². The van der Waals surface area contributed by atoms with Crippen molar-refractivity contribution in [3.05, 3.63) is 65.4 Å². The van der Waals surface area contributed by atoms with Crippen LogP contribution in [0.25, 0.3) is 5.69 Å². The lowest BCUT2D eigenvalue weighted by atomic mass is 9.87. The summed E-state index contributed by atoms with van der Waals surface area (Å²) in [7, 11) is 0. The molecule has 0 unspecified atom stereocenters. The fourth-order valence-corrected chi connectivity index (χ4v) is 3.65. The van der Waals surface area contributed by atoms with E-state index in [0.29, 0.717) is 30.3 Å². The van der Waals surface area contributed by atoms with Gasteiger partial charge in [0.1, 0.15) is 12.4 Å². The molecular weight excluding hydrogens is 378 g/mol. The average molecular weight is 401 g/mol. The van der Waals surface area contributed by atoms with Gasteiger partial charge in [-0.25, -0.2) is 4.68 Å². The van der Waals surface area contributed by atoms with Gasteiger partial charge in [0.15, 0.2) is 11.5 Å². The molecule has 1 aromatic heterocycles. The predicted molar refractivity (Wildman–Crippen MR) is 115 cm³/mol. The van der Waals surface area contributed by atoms with Crippen LogP contribution in [-0.2, 0) is 4.79 Å². The second kappa shape index (κ2) is 8.34. The molecule has 1 amide bonds. The average Bonchev–Trinajstić information content (AvgIpc) is 3.16. The molecule has 0 aliphatic carbocycles. The fraction of sp³-hybridized carbons (Fsp3) is 0.250. The normalized spacial score (nSPS) is 15.1. The van der Waals surface area contributed by atoms with Crippen molar-refractivity contribution >= 4 is 11.7 Å². The number of terminal acetylenes is 1. The summed E-state index contributed by atoms with van der Waals surface area (Å²) in [5, 5.41) is 7.53. The minimum Gasteiger partial charge on any atom is -0.490 e. The van der Waals surface area contributed by atoms with E-state index >= 15 is 0 Å². The van der Waals surface area contributed by atoms with Gasteiger partial charge in [0, 0.05) is 17.9 Å². The Morgan fingerprint density at radius 1 is 1.20 bits per heavy atom. The number of ether oxygens (including phenoxy) is 2. The number of carbonyl (C=O) groups excluding carboxylic acids is 1. The van der Waals surface area contributed by atoms with Crippen molar-refractivity contribution in [3.8, 4) is 29.5 Å². The molecule has 0 bridgehead atoms. The molecule has 3 aromatic rings. The van der Waals surface area contributed by atoms with Crippen LogP contribution in [0.15, 0.2) is 48.7 Å². The maximum atomic E-state index is 12.5. The van der Waals surface area contributed by atoms with E-state index in [1.807, 2.05) is 62.5 Å². The third kappa shape index (κ3) is 3.74. The summed E-state index contributed by atoms with van der Waals surface area (Å²) in [5.74, 6) is 4.19. The van der Waals surface area contributed by atoms with Crippen LogP contribution in [0, 0.1) is 19.3 Å². The Morgan fingerprint density at radius 2 is 2.00 bits per heavy atom. The van der Waals surface area contributed by atoms with Crippen LogP contribution < -0.4 is 14.8 Å². The maximum Gasteiger partial charge on any atom is 0.226 e. The summed E-state index contributed by atoms with van der Waals surface area (Å²) in [6.45, 7) is 4.61. The van der Waals surface area contributed by atoms with Crippen LogP contribution in [-0.4, -0.2) is 28.9 Å². The van der Waals surface area contributed by atoms with Crippen LogP contribution in [0.2, 0.25) is 0 Å². The monoisotopic (exact) mass is 401 g/mol. The molecular formula is C24H23N3O3. The molecule has 2 aromatic carbocycles. The summed E-state index contributed by atoms with van der Waals surface area (Å²) in [6, 6.07) is 13.7. The second-order valence-corrected chi connectivity index (χ2v) is 7.13. The Balaban J connectivity index is 1.73. The number of anilines is 1. The van der Waals surface area contributed by atoms with E-state index in [2.05, 4.69) is 16.3 Å². The first-order valence-electron chi connectivity index (χ1n) is 9.88. The molecule has 6 nitrogen and oxygen atoms in total. The third-order valence-electron chi connectivity index (χ3n) is 5.08. The number of nitrogens with one attached hydrogen (secondary N) is 1. The highest BCUT2D eigenvalue weighted by molar-refractivity contribution is 5.94. The lowest BCUT2D eigenvalue weighted by Crippen LogP contribution is -2.24. The Morgan fingerprint density at radius 3 is 2.73 bits per heavy atom. The standard InChI is InChI=1S/C24H23N3O3/c1-4-12-30-21-11-8-17(13-22(21)29-5-2)19-14-23(28)26-24-20(19)15-25-27(24)18-9-6-16(3)7-10-18/h1,6-11,13,15,19H,5,12,14H2,2-3H3,(H,26,28)/t19-/m1/s1. The van der Waals surface area contributed by atoms with Gasteiger partial charge in [-0.2, -0.15) is 5.10 Å². The molecule has 1 atom stereocenters. The first-order chi connectivity index (χ1) is 14.6. The lowest BCUT2D eigenvalue weighted by Gasteiger charge is -2.24. The minimum atomic E-state index is -0.131. The molecule has 0 spiro atoms. The molecule has 1 N–H and O–H groups in total. The van der Waals surface area contributed by atoms with Crippen LogP contribution >= 0.6 is 0 Å². The highest BCUT2D eigenvalue weighted by Crippen LogP contribution is 2.40. The summed E-state index contributed by atoms with van der Waals surface area (Å²) < 4.78 is 13.1. The molecule has 0 fully saturated rings. The zero-order valence-corrected chi connectivity index (χ0v) is 17.0. The van der Waals surface area contributed by atoms with Gasteiger partial charge in [-0.05, 0) is 43.7 Å². The molecule has 0 radical (unpaired) electrons. The van der Waals surface area contributed by atoms with Crippen molar-refractivity contribution < 1.29 is 14.3 Å². The number of carbonyl (C=O) groups is 1. The molecule has 0 saturated carbocycles. The Kier molecular flexibility index (Phi) is 5.44. The predicted octanol–water partition coefficient (Wildman–Crippen LogP) is 4.07. The van der Waals surface area contributed by atoms with E-state index in [1.54, 1.807) is 4.68 Å². The van der Waals surface area contributed by atoms with Gasteiger partial charge < -0.3 is 14.8 Å². The summed E-state index contributed by atoms with van der Waals surface area (Å²) in [5.41, 5.74) is 3.99. The fourth-order valence-electron chi connectivity index (χ4n) is 3.65. The van der Waals surface area contributed by atoms with Crippen LogP contribution in [0.5, 0.6) is 11.5 Å². The Hall–Kier alpha value is -3.72. The number of aryl methyl sites for hydroxylation is 1. The van der Waals surface area contributed by atoms with E-state index in [4.69, 9.17) is 15.9 Å². The summed E-state index contributed by atoms with van der Waals surface area (Å²) >= 11 is 0. The third-order valence-corrected chi connectivity index (χ3v) is 5.08. The first kappa shape index (κ1) is 19.6. The van der Waals surface area contributed by atoms with Crippen LogP contribution in [0.4, 0.5) is 5.82 Å². The van der Waals surface area contributed by atoms with Gasteiger partial charge in [-0.3, -0.25) is 4.79 Å².